The standard InChI is InChI=1S/C23H35N2/c1-22(14-12-20-25-18-9-6-10-19-25)13-7-4-2-3-5-8-15-23-16-11-17-24-21-23/h6,9-11,16-19,21-22H,2-5,7-8,12-15,20H2,1H3/q+1. The summed E-state index contributed by atoms with van der Waals surface area (Å²) in [6.45, 7) is 3.58. The molecule has 0 saturated carbocycles. The highest BCUT2D eigenvalue weighted by atomic mass is 14.9. The van der Waals surface area contributed by atoms with E-state index in [0.29, 0.717) is 0 Å². The maximum atomic E-state index is 4.18. The van der Waals surface area contributed by atoms with Crippen molar-refractivity contribution in [2.45, 2.75) is 77.7 Å². The topological polar surface area (TPSA) is 16.8 Å². The molecule has 0 aromatic carbocycles. The molecule has 0 fully saturated rings. The Morgan fingerprint density at radius 1 is 0.840 bits per heavy atom. The van der Waals surface area contributed by atoms with E-state index in [1.54, 1.807) is 0 Å². The number of nitrogens with zero attached hydrogens (tertiary/aromatic N) is 2. The molecule has 0 N–H and O–H groups in total. The van der Waals surface area contributed by atoms with E-state index in [0.717, 1.165) is 12.5 Å². The fraction of sp³-hybridized carbons (Fsp3) is 0.565. The molecule has 2 aromatic rings. The highest BCUT2D eigenvalue weighted by molar-refractivity contribution is 5.08. The fourth-order valence-corrected chi connectivity index (χ4v) is 3.43. The second-order valence-corrected chi connectivity index (χ2v) is 7.38. The van der Waals surface area contributed by atoms with Crippen LogP contribution in [0.4, 0.5) is 0 Å². The van der Waals surface area contributed by atoms with Crippen LogP contribution in [-0.4, -0.2) is 4.98 Å². The summed E-state index contributed by atoms with van der Waals surface area (Å²) in [4.78, 5) is 4.18. The minimum atomic E-state index is 0.870. The van der Waals surface area contributed by atoms with Gasteiger partial charge in [0.05, 0.1) is 0 Å². The lowest BCUT2D eigenvalue weighted by Crippen LogP contribution is -2.32. The molecule has 2 heteroatoms. The van der Waals surface area contributed by atoms with Gasteiger partial charge >= 0.3 is 0 Å². The van der Waals surface area contributed by atoms with E-state index >= 15 is 0 Å². The van der Waals surface area contributed by atoms with Gasteiger partial charge in [-0.05, 0) is 36.8 Å². The Kier molecular flexibility index (Phi) is 9.92. The molecule has 2 heterocycles. The van der Waals surface area contributed by atoms with E-state index in [1.165, 1.54) is 69.8 Å². The Hall–Kier alpha value is -1.70. The van der Waals surface area contributed by atoms with Crippen molar-refractivity contribution in [2.24, 2.45) is 5.92 Å². The average Bonchev–Trinajstić information content (AvgIpc) is 2.65. The molecule has 0 radical (unpaired) electrons. The molecular weight excluding hydrogens is 304 g/mol. The largest absolute Gasteiger partial charge is 0.264 e. The van der Waals surface area contributed by atoms with Gasteiger partial charge in [0, 0.05) is 30.9 Å². The molecule has 1 unspecified atom stereocenters. The van der Waals surface area contributed by atoms with Crippen molar-refractivity contribution >= 4 is 0 Å². The van der Waals surface area contributed by atoms with Crippen LogP contribution in [0.2, 0.25) is 0 Å². The molecule has 2 aromatic heterocycles. The first-order valence-corrected chi connectivity index (χ1v) is 10.2. The fourth-order valence-electron chi connectivity index (χ4n) is 3.43. The van der Waals surface area contributed by atoms with Crippen molar-refractivity contribution in [1.29, 1.82) is 0 Å². The first-order chi connectivity index (χ1) is 12.3. The van der Waals surface area contributed by atoms with Crippen LogP contribution in [0.1, 0.15) is 70.3 Å². The maximum absolute atomic E-state index is 4.18. The van der Waals surface area contributed by atoms with Crippen LogP contribution in [0, 0.1) is 5.92 Å². The maximum Gasteiger partial charge on any atom is 0.168 e. The van der Waals surface area contributed by atoms with Gasteiger partial charge in [-0.2, -0.15) is 0 Å². The monoisotopic (exact) mass is 339 g/mol. The summed E-state index contributed by atoms with van der Waals surface area (Å²) in [5.74, 6) is 0.870. The van der Waals surface area contributed by atoms with Crippen LogP contribution in [0.15, 0.2) is 55.1 Å². The van der Waals surface area contributed by atoms with E-state index in [9.17, 15) is 0 Å². The molecule has 0 bridgehead atoms. The molecule has 0 aliphatic rings. The number of hydrogen-bond donors (Lipinski definition) is 0. The molecule has 0 aliphatic heterocycles. The van der Waals surface area contributed by atoms with Gasteiger partial charge in [0.2, 0.25) is 0 Å². The molecule has 0 saturated heterocycles. The number of unbranched alkanes of at least 4 members (excludes halogenated alkanes) is 5. The van der Waals surface area contributed by atoms with Crippen LogP contribution < -0.4 is 4.57 Å². The van der Waals surface area contributed by atoms with Gasteiger partial charge in [-0.15, -0.1) is 0 Å². The molecular formula is C23H35N2+. The zero-order chi connectivity index (χ0) is 17.6. The Labute approximate surface area is 154 Å². The number of pyridine rings is 2. The third-order valence-electron chi connectivity index (χ3n) is 5.03. The van der Waals surface area contributed by atoms with Gasteiger partial charge in [-0.25, -0.2) is 4.57 Å². The van der Waals surface area contributed by atoms with Crippen LogP contribution in [0.5, 0.6) is 0 Å². The van der Waals surface area contributed by atoms with Crippen molar-refractivity contribution in [3.8, 4) is 0 Å². The number of aryl methyl sites for hydroxylation is 2. The summed E-state index contributed by atoms with van der Waals surface area (Å²) in [7, 11) is 0. The second kappa shape index (κ2) is 12.6. The smallest absolute Gasteiger partial charge is 0.168 e. The number of hydrogen-bond acceptors (Lipinski definition) is 1. The van der Waals surface area contributed by atoms with Crippen LogP contribution in [0.3, 0.4) is 0 Å². The van der Waals surface area contributed by atoms with Crippen molar-refractivity contribution in [2.75, 3.05) is 0 Å². The van der Waals surface area contributed by atoms with Gasteiger partial charge in [0.1, 0.15) is 6.54 Å². The van der Waals surface area contributed by atoms with Crippen LogP contribution in [0.25, 0.3) is 0 Å². The van der Waals surface area contributed by atoms with Gasteiger partial charge in [0.15, 0.2) is 12.4 Å². The number of aromatic nitrogens is 2. The van der Waals surface area contributed by atoms with Crippen molar-refractivity contribution in [1.82, 2.24) is 4.98 Å². The normalized spacial score (nSPS) is 12.2. The lowest BCUT2D eigenvalue weighted by atomic mass is 9.97. The van der Waals surface area contributed by atoms with Gasteiger partial charge < -0.3 is 0 Å². The lowest BCUT2D eigenvalue weighted by Gasteiger charge is -2.10. The average molecular weight is 340 g/mol. The summed E-state index contributed by atoms with van der Waals surface area (Å²) in [6.07, 6.45) is 21.7. The zero-order valence-electron chi connectivity index (χ0n) is 15.9. The van der Waals surface area contributed by atoms with Crippen LogP contribution >= 0.6 is 0 Å². The molecule has 1 atom stereocenters. The predicted octanol–water partition coefficient (Wildman–Crippen LogP) is 5.76. The molecule has 2 rings (SSSR count). The summed E-state index contributed by atoms with van der Waals surface area (Å²) < 4.78 is 2.29. The highest BCUT2D eigenvalue weighted by Gasteiger charge is 2.04. The Morgan fingerprint density at radius 2 is 1.56 bits per heavy atom. The van der Waals surface area contributed by atoms with Gasteiger partial charge in [0.25, 0.3) is 0 Å². The minimum Gasteiger partial charge on any atom is -0.264 e. The molecule has 0 aliphatic carbocycles. The van der Waals surface area contributed by atoms with Crippen molar-refractivity contribution < 1.29 is 4.57 Å². The van der Waals surface area contributed by atoms with Gasteiger partial charge in [-0.3, -0.25) is 4.98 Å². The van der Waals surface area contributed by atoms with Crippen molar-refractivity contribution in [3.63, 3.8) is 0 Å². The second-order valence-electron chi connectivity index (χ2n) is 7.38. The molecule has 25 heavy (non-hydrogen) atoms. The molecule has 2 nitrogen and oxygen atoms in total. The quantitative estimate of drug-likeness (QED) is 0.335. The van der Waals surface area contributed by atoms with E-state index in [1.807, 2.05) is 18.5 Å². The third-order valence-corrected chi connectivity index (χ3v) is 5.03. The van der Waals surface area contributed by atoms with Gasteiger partial charge in [-0.1, -0.05) is 57.6 Å². The highest BCUT2D eigenvalue weighted by Crippen LogP contribution is 2.16. The third kappa shape index (κ3) is 9.38. The zero-order valence-corrected chi connectivity index (χ0v) is 15.9. The Bertz CT molecular complexity index is 539. The predicted molar refractivity (Wildman–Crippen MR) is 105 cm³/mol. The molecule has 0 spiro atoms. The molecule has 0 amide bonds. The molecule has 136 valence electrons. The summed E-state index contributed by atoms with van der Waals surface area (Å²) in [5, 5.41) is 0. The van der Waals surface area contributed by atoms with E-state index in [2.05, 4.69) is 53.1 Å². The summed E-state index contributed by atoms with van der Waals surface area (Å²) >= 11 is 0. The van der Waals surface area contributed by atoms with Crippen LogP contribution in [-0.2, 0) is 13.0 Å². The Balaban J connectivity index is 1.38. The number of rotatable bonds is 13. The van der Waals surface area contributed by atoms with E-state index < -0.39 is 0 Å². The minimum absolute atomic E-state index is 0.870. The lowest BCUT2D eigenvalue weighted by molar-refractivity contribution is -0.697. The summed E-state index contributed by atoms with van der Waals surface area (Å²) in [5.41, 5.74) is 1.38. The van der Waals surface area contributed by atoms with Crippen molar-refractivity contribution in [3.05, 3.63) is 60.7 Å². The Morgan fingerprint density at radius 3 is 2.32 bits per heavy atom. The SMILES string of the molecule is CC(CCCCCCCCc1cccnc1)CCC[n+]1ccccc1. The first-order valence-electron chi connectivity index (χ1n) is 10.2. The van der Waals surface area contributed by atoms with E-state index in [4.69, 9.17) is 0 Å². The van der Waals surface area contributed by atoms with E-state index in [-0.39, 0.29) is 0 Å². The summed E-state index contributed by atoms with van der Waals surface area (Å²) in [6, 6.07) is 10.5. The first kappa shape index (κ1) is 19.6.